The SMILES string of the molecule is CSc1ccc(-c2cc(Cl)cc(Cl)c2)cc1. The molecule has 16 heavy (non-hydrogen) atoms. The van der Waals surface area contributed by atoms with Crippen molar-refractivity contribution < 1.29 is 0 Å². The summed E-state index contributed by atoms with van der Waals surface area (Å²) in [4.78, 5) is 1.25. The number of benzene rings is 2. The third-order valence-electron chi connectivity index (χ3n) is 2.29. The number of hydrogen-bond donors (Lipinski definition) is 0. The highest BCUT2D eigenvalue weighted by Gasteiger charge is 2.01. The van der Waals surface area contributed by atoms with Gasteiger partial charge in [-0.15, -0.1) is 11.8 Å². The van der Waals surface area contributed by atoms with Gasteiger partial charge in [-0.2, -0.15) is 0 Å². The van der Waals surface area contributed by atoms with Crippen LogP contribution in [-0.4, -0.2) is 6.26 Å². The molecule has 0 N–H and O–H groups in total. The van der Waals surface area contributed by atoms with Crippen LogP contribution in [0.25, 0.3) is 11.1 Å². The van der Waals surface area contributed by atoms with Crippen molar-refractivity contribution in [3.05, 3.63) is 52.5 Å². The van der Waals surface area contributed by atoms with Gasteiger partial charge in [0, 0.05) is 14.9 Å². The van der Waals surface area contributed by atoms with Crippen LogP contribution in [0.1, 0.15) is 0 Å². The first kappa shape index (κ1) is 11.8. The van der Waals surface area contributed by atoms with E-state index < -0.39 is 0 Å². The van der Waals surface area contributed by atoms with Crippen LogP contribution in [-0.2, 0) is 0 Å². The molecule has 0 radical (unpaired) electrons. The molecule has 0 bridgehead atoms. The normalized spacial score (nSPS) is 10.4. The van der Waals surface area contributed by atoms with Crippen LogP contribution in [0.2, 0.25) is 10.0 Å². The van der Waals surface area contributed by atoms with Crippen molar-refractivity contribution in [1.82, 2.24) is 0 Å². The van der Waals surface area contributed by atoms with Crippen LogP contribution >= 0.6 is 35.0 Å². The molecule has 2 aromatic rings. The van der Waals surface area contributed by atoms with Crippen molar-refractivity contribution in [2.24, 2.45) is 0 Å². The average molecular weight is 269 g/mol. The van der Waals surface area contributed by atoms with E-state index in [2.05, 4.69) is 30.5 Å². The Balaban J connectivity index is 2.42. The monoisotopic (exact) mass is 268 g/mol. The first-order valence-electron chi connectivity index (χ1n) is 4.79. The van der Waals surface area contributed by atoms with E-state index in [0.29, 0.717) is 10.0 Å². The van der Waals surface area contributed by atoms with E-state index in [1.807, 2.05) is 12.1 Å². The predicted molar refractivity (Wildman–Crippen MR) is 73.7 cm³/mol. The fourth-order valence-electron chi connectivity index (χ4n) is 1.50. The quantitative estimate of drug-likeness (QED) is 0.659. The largest absolute Gasteiger partial charge is 0.130 e. The molecular formula is C13H10Cl2S. The fourth-order valence-corrected chi connectivity index (χ4v) is 2.44. The molecule has 0 heterocycles. The van der Waals surface area contributed by atoms with Crippen molar-refractivity contribution >= 4 is 35.0 Å². The lowest BCUT2D eigenvalue weighted by Crippen LogP contribution is -1.79. The number of rotatable bonds is 2. The maximum Gasteiger partial charge on any atom is 0.0426 e. The third-order valence-corrected chi connectivity index (χ3v) is 3.47. The molecule has 0 aromatic heterocycles. The van der Waals surface area contributed by atoms with Gasteiger partial charge in [0.25, 0.3) is 0 Å². The van der Waals surface area contributed by atoms with Gasteiger partial charge in [0.15, 0.2) is 0 Å². The molecule has 0 aliphatic heterocycles. The van der Waals surface area contributed by atoms with Gasteiger partial charge in [0.1, 0.15) is 0 Å². The van der Waals surface area contributed by atoms with Crippen molar-refractivity contribution in [3.63, 3.8) is 0 Å². The summed E-state index contributed by atoms with van der Waals surface area (Å²) >= 11 is 13.7. The Morgan fingerprint density at radius 2 is 1.38 bits per heavy atom. The minimum absolute atomic E-state index is 0.663. The Morgan fingerprint density at radius 3 is 1.88 bits per heavy atom. The number of hydrogen-bond acceptors (Lipinski definition) is 1. The van der Waals surface area contributed by atoms with Gasteiger partial charge in [0.2, 0.25) is 0 Å². The summed E-state index contributed by atoms with van der Waals surface area (Å²) in [5.41, 5.74) is 2.17. The van der Waals surface area contributed by atoms with E-state index in [-0.39, 0.29) is 0 Å². The first-order chi connectivity index (χ1) is 7.69. The van der Waals surface area contributed by atoms with Crippen LogP contribution in [0.5, 0.6) is 0 Å². The molecule has 0 aliphatic rings. The molecule has 0 saturated carbocycles. The van der Waals surface area contributed by atoms with Crippen molar-refractivity contribution in [2.45, 2.75) is 4.90 Å². The zero-order valence-corrected chi connectivity index (χ0v) is 11.0. The Hall–Kier alpha value is -0.630. The maximum absolute atomic E-state index is 5.97. The van der Waals surface area contributed by atoms with E-state index >= 15 is 0 Å². The molecule has 0 spiro atoms. The zero-order chi connectivity index (χ0) is 11.5. The summed E-state index contributed by atoms with van der Waals surface area (Å²) in [5, 5.41) is 1.33. The number of halogens is 2. The van der Waals surface area contributed by atoms with Gasteiger partial charge in [-0.25, -0.2) is 0 Å². The second kappa shape index (κ2) is 5.13. The van der Waals surface area contributed by atoms with E-state index in [1.54, 1.807) is 17.8 Å². The Labute approximate surface area is 110 Å². The minimum Gasteiger partial charge on any atom is -0.130 e. The second-order valence-electron chi connectivity index (χ2n) is 3.39. The highest BCUT2D eigenvalue weighted by molar-refractivity contribution is 7.98. The number of thioether (sulfide) groups is 1. The third kappa shape index (κ3) is 2.73. The lowest BCUT2D eigenvalue weighted by atomic mass is 10.1. The topological polar surface area (TPSA) is 0 Å². The summed E-state index contributed by atoms with van der Waals surface area (Å²) in [6.07, 6.45) is 2.06. The predicted octanol–water partition coefficient (Wildman–Crippen LogP) is 5.38. The van der Waals surface area contributed by atoms with Crippen LogP contribution in [0.3, 0.4) is 0 Å². The summed E-state index contributed by atoms with van der Waals surface area (Å²) in [6.45, 7) is 0. The second-order valence-corrected chi connectivity index (χ2v) is 5.14. The molecule has 82 valence electrons. The maximum atomic E-state index is 5.97. The zero-order valence-electron chi connectivity index (χ0n) is 8.71. The Bertz CT molecular complexity index is 472. The molecule has 2 rings (SSSR count). The van der Waals surface area contributed by atoms with E-state index in [0.717, 1.165) is 11.1 Å². The molecule has 0 unspecified atom stereocenters. The lowest BCUT2D eigenvalue weighted by molar-refractivity contribution is 1.46. The van der Waals surface area contributed by atoms with Crippen molar-refractivity contribution in [1.29, 1.82) is 0 Å². The lowest BCUT2D eigenvalue weighted by Gasteiger charge is -2.04. The summed E-state index contributed by atoms with van der Waals surface area (Å²) in [7, 11) is 0. The molecule has 0 saturated heterocycles. The van der Waals surface area contributed by atoms with Crippen LogP contribution in [0.4, 0.5) is 0 Å². The highest BCUT2D eigenvalue weighted by atomic mass is 35.5. The van der Waals surface area contributed by atoms with Crippen LogP contribution in [0.15, 0.2) is 47.4 Å². The Kier molecular flexibility index (Phi) is 3.80. The smallest absolute Gasteiger partial charge is 0.0426 e. The van der Waals surface area contributed by atoms with Crippen LogP contribution in [0, 0.1) is 0 Å². The molecule has 0 amide bonds. The highest BCUT2D eigenvalue weighted by Crippen LogP contribution is 2.28. The molecule has 0 atom stereocenters. The molecule has 0 fully saturated rings. The molecule has 0 aliphatic carbocycles. The van der Waals surface area contributed by atoms with Gasteiger partial charge < -0.3 is 0 Å². The summed E-state index contributed by atoms with van der Waals surface area (Å²) < 4.78 is 0. The van der Waals surface area contributed by atoms with Gasteiger partial charge in [-0.3, -0.25) is 0 Å². The van der Waals surface area contributed by atoms with E-state index in [1.165, 1.54) is 4.90 Å². The standard InChI is InChI=1S/C13H10Cl2S/c1-16-13-4-2-9(3-5-13)10-6-11(14)8-12(15)7-10/h2-8H,1H3. The van der Waals surface area contributed by atoms with Gasteiger partial charge in [0.05, 0.1) is 0 Å². The first-order valence-corrected chi connectivity index (χ1v) is 6.77. The average Bonchev–Trinajstić information content (AvgIpc) is 2.28. The molecule has 0 nitrogen and oxygen atoms in total. The molecular weight excluding hydrogens is 259 g/mol. The van der Waals surface area contributed by atoms with E-state index in [9.17, 15) is 0 Å². The van der Waals surface area contributed by atoms with Crippen molar-refractivity contribution in [2.75, 3.05) is 6.26 Å². The summed E-state index contributed by atoms with van der Waals surface area (Å²) in [5.74, 6) is 0. The van der Waals surface area contributed by atoms with E-state index in [4.69, 9.17) is 23.2 Å². The minimum atomic E-state index is 0.663. The summed E-state index contributed by atoms with van der Waals surface area (Å²) in [6, 6.07) is 13.9. The molecule has 3 heteroatoms. The van der Waals surface area contributed by atoms with Crippen LogP contribution < -0.4 is 0 Å². The Morgan fingerprint density at radius 1 is 0.812 bits per heavy atom. The van der Waals surface area contributed by atoms with Gasteiger partial charge in [-0.1, -0.05) is 35.3 Å². The molecule has 2 aromatic carbocycles. The fraction of sp³-hybridized carbons (Fsp3) is 0.0769. The van der Waals surface area contributed by atoms with Gasteiger partial charge in [-0.05, 0) is 47.7 Å². The van der Waals surface area contributed by atoms with Crippen molar-refractivity contribution in [3.8, 4) is 11.1 Å². The van der Waals surface area contributed by atoms with Gasteiger partial charge >= 0.3 is 0 Å².